The number of amides is 2. The molecular formula is C23H25F4N3O5. The zero-order valence-electron chi connectivity index (χ0n) is 19.4. The largest absolute Gasteiger partial charge is 0.489 e. The van der Waals surface area contributed by atoms with E-state index in [2.05, 4.69) is 4.98 Å². The normalized spacial score (nSPS) is 19.3. The van der Waals surface area contributed by atoms with Gasteiger partial charge in [-0.25, -0.2) is 14.2 Å². The summed E-state index contributed by atoms with van der Waals surface area (Å²) in [4.78, 5) is 28.2. The number of hydrogen-bond acceptors (Lipinski definition) is 6. The smallest absolute Gasteiger partial charge is 0.424 e. The molecule has 0 bridgehead atoms. The Kier molecular flexibility index (Phi) is 6.49. The van der Waals surface area contributed by atoms with Gasteiger partial charge in [-0.1, -0.05) is 0 Å². The van der Waals surface area contributed by atoms with Gasteiger partial charge >= 0.3 is 12.3 Å². The summed E-state index contributed by atoms with van der Waals surface area (Å²) in [6.45, 7) is 4.31. The van der Waals surface area contributed by atoms with Crippen LogP contribution in [0, 0.1) is 5.82 Å². The Morgan fingerprint density at radius 2 is 1.83 bits per heavy atom. The van der Waals surface area contributed by atoms with Crippen LogP contribution in [0.4, 0.5) is 22.4 Å². The molecule has 2 amide bonds. The Morgan fingerprint density at radius 3 is 2.34 bits per heavy atom. The molecule has 1 unspecified atom stereocenters. The maximum Gasteiger partial charge on any atom is 0.424 e. The Bertz CT molecular complexity index is 1150. The number of benzene rings is 1. The van der Waals surface area contributed by atoms with Crippen LogP contribution in [0.5, 0.6) is 5.75 Å². The summed E-state index contributed by atoms with van der Waals surface area (Å²) in [6.07, 6.45) is -6.50. The number of ether oxygens (including phenoxy) is 2. The van der Waals surface area contributed by atoms with Crippen molar-refractivity contribution in [1.82, 2.24) is 10.3 Å². The minimum absolute atomic E-state index is 0.0220. The molecule has 1 aliphatic rings. The minimum atomic E-state index is -5.31. The van der Waals surface area contributed by atoms with Crippen molar-refractivity contribution in [1.29, 1.82) is 0 Å². The van der Waals surface area contributed by atoms with Crippen LogP contribution in [0.1, 0.15) is 39.0 Å². The van der Waals surface area contributed by atoms with Crippen molar-refractivity contribution in [2.75, 3.05) is 13.2 Å². The van der Waals surface area contributed by atoms with E-state index in [1.807, 2.05) is 5.32 Å². The summed E-state index contributed by atoms with van der Waals surface area (Å²) in [5.41, 5.74) is -1.66. The molecule has 0 saturated heterocycles. The number of nitrogens with one attached hydrogen (secondary N) is 1. The number of alkyl halides is 3. The summed E-state index contributed by atoms with van der Waals surface area (Å²) in [7, 11) is 0. The molecule has 12 heteroatoms. The standard InChI is InChI=1S/C23H25F4N3O5/c1-20(2,3)35-19(32)29-10-22(33,23(25,26)27)15-9-14-17(34-11-21(14,4)18(28)31)16(30-15)12-5-7-13(24)8-6-12/h5-9,33H,10-11H2,1-4H3,(H2,28,31)(H,29,32)/t21-,22?/m0/s1. The van der Waals surface area contributed by atoms with E-state index >= 15 is 0 Å². The van der Waals surface area contributed by atoms with Gasteiger partial charge in [0.05, 0.1) is 12.2 Å². The van der Waals surface area contributed by atoms with Crippen LogP contribution in [0.15, 0.2) is 30.3 Å². The van der Waals surface area contributed by atoms with Crippen LogP contribution in [0.2, 0.25) is 0 Å². The van der Waals surface area contributed by atoms with Gasteiger partial charge in [-0.05, 0) is 58.0 Å². The van der Waals surface area contributed by atoms with Gasteiger partial charge in [0.25, 0.3) is 0 Å². The van der Waals surface area contributed by atoms with Gasteiger partial charge in [-0.3, -0.25) is 4.79 Å². The first-order valence-electron chi connectivity index (χ1n) is 10.5. The molecule has 3 rings (SSSR count). The number of carbonyl (C=O) groups excluding carboxylic acids is 2. The summed E-state index contributed by atoms with van der Waals surface area (Å²) in [5, 5.41) is 12.8. The third-order valence-corrected chi connectivity index (χ3v) is 5.51. The van der Waals surface area contributed by atoms with Gasteiger partial charge in [0, 0.05) is 11.1 Å². The van der Waals surface area contributed by atoms with Crippen LogP contribution in [-0.4, -0.2) is 47.0 Å². The average molecular weight is 499 g/mol. The third kappa shape index (κ3) is 5.02. The number of carbonyl (C=O) groups is 2. The van der Waals surface area contributed by atoms with Gasteiger partial charge in [0.15, 0.2) is 0 Å². The van der Waals surface area contributed by atoms with E-state index in [1.54, 1.807) is 0 Å². The molecule has 0 radical (unpaired) electrons. The van der Waals surface area contributed by atoms with E-state index in [-0.39, 0.29) is 29.2 Å². The predicted molar refractivity (Wildman–Crippen MR) is 116 cm³/mol. The second kappa shape index (κ2) is 8.67. The highest BCUT2D eigenvalue weighted by Gasteiger charge is 2.58. The fourth-order valence-corrected chi connectivity index (χ4v) is 3.45. The number of alkyl carbamates (subject to hydrolysis) is 1. The number of nitrogens with zero attached hydrogens (tertiary/aromatic N) is 1. The van der Waals surface area contributed by atoms with Crippen molar-refractivity contribution in [3.63, 3.8) is 0 Å². The maximum atomic E-state index is 14.2. The van der Waals surface area contributed by atoms with E-state index in [9.17, 15) is 32.3 Å². The molecule has 2 atom stereocenters. The molecule has 1 aliphatic heterocycles. The van der Waals surface area contributed by atoms with E-state index in [1.165, 1.54) is 39.8 Å². The Balaban J connectivity index is 2.18. The number of nitrogens with two attached hydrogens (primary N) is 1. The topological polar surface area (TPSA) is 124 Å². The second-order valence-electron chi connectivity index (χ2n) is 9.44. The van der Waals surface area contributed by atoms with Crippen molar-refractivity contribution in [3.05, 3.63) is 47.4 Å². The van der Waals surface area contributed by atoms with Crippen molar-refractivity contribution in [2.45, 2.75) is 50.5 Å². The molecule has 2 aromatic rings. The Labute approximate surface area is 198 Å². The number of halogens is 4. The molecule has 0 spiro atoms. The Morgan fingerprint density at radius 1 is 1.23 bits per heavy atom. The van der Waals surface area contributed by atoms with Crippen LogP contribution in [-0.2, 0) is 20.5 Å². The molecule has 1 aromatic heterocycles. The highest BCUT2D eigenvalue weighted by Crippen LogP contribution is 2.47. The quantitative estimate of drug-likeness (QED) is 0.543. The van der Waals surface area contributed by atoms with Crippen molar-refractivity contribution in [2.24, 2.45) is 5.73 Å². The van der Waals surface area contributed by atoms with Crippen molar-refractivity contribution in [3.8, 4) is 17.0 Å². The fourth-order valence-electron chi connectivity index (χ4n) is 3.45. The van der Waals surface area contributed by atoms with Gasteiger partial charge in [-0.15, -0.1) is 0 Å². The minimum Gasteiger partial charge on any atom is -0.489 e. The second-order valence-corrected chi connectivity index (χ2v) is 9.44. The van der Waals surface area contributed by atoms with Gasteiger partial charge in [-0.2, -0.15) is 13.2 Å². The molecule has 0 saturated carbocycles. The van der Waals surface area contributed by atoms with Crippen molar-refractivity contribution >= 4 is 12.0 Å². The summed E-state index contributed by atoms with van der Waals surface area (Å²) in [6, 6.07) is 5.54. The number of aliphatic hydroxyl groups is 1. The molecule has 8 nitrogen and oxygen atoms in total. The van der Waals surface area contributed by atoms with Crippen molar-refractivity contribution < 1.29 is 41.7 Å². The Hall–Kier alpha value is -3.41. The van der Waals surface area contributed by atoms with Crippen LogP contribution in [0.3, 0.4) is 0 Å². The summed E-state index contributed by atoms with van der Waals surface area (Å²) < 4.78 is 66.7. The monoisotopic (exact) mass is 499 g/mol. The molecule has 1 aromatic carbocycles. The van der Waals surface area contributed by atoms with E-state index in [0.29, 0.717) is 0 Å². The van der Waals surface area contributed by atoms with Gasteiger partial charge in [0.2, 0.25) is 11.5 Å². The summed E-state index contributed by atoms with van der Waals surface area (Å²) >= 11 is 0. The lowest BCUT2D eigenvalue weighted by Crippen LogP contribution is -2.52. The zero-order valence-corrected chi connectivity index (χ0v) is 19.4. The molecule has 4 N–H and O–H groups in total. The maximum absolute atomic E-state index is 14.2. The first kappa shape index (κ1) is 26.2. The van der Waals surface area contributed by atoms with Gasteiger partial charge in [0.1, 0.15) is 34.9 Å². The number of hydrogen-bond donors (Lipinski definition) is 3. The molecular weight excluding hydrogens is 474 g/mol. The summed E-state index contributed by atoms with van der Waals surface area (Å²) in [5.74, 6) is -1.50. The molecule has 0 fully saturated rings. The molecule has 190 valence electrons. The van der Waals surface area contributed by atoms with E-state index in [0.717, 1.165) is 18.2 Å². The average Bonchev–Trinajstić information content (AvgIpc) is 3.08. The first-order chi connectivity index (χ1) is 16.0. The number of aromatic nitrogens is 1. The number of fused-ring (bicyclic) bond motifs is 1. The molecule has 35 heavy (non-hydrogen) atoms. The molecule has 2 heterocycles. The lowest BCUT2D eigenvalue weighted by atomic mass is 9.81. The lowest BCUT2D eigenvalue weighted by molar-refractivity contribution is -0.265. The van der Waals surface area contributed by atoms with E-state index in [4.69, 9.17) is 15.2 Å². The van der Waals surface area contributed by atoms with Crippen LogP contribution < -0.4 is 15.8 Å². The third-order valence-electron chi connectivity index (χ3n) is 5.51. The number of pyridine rings is 1. The number of primary amides is 1. The van der Waals surface area contributed by atoms with Crippen LogP contribution in [0.25, 0.3) is 11.3 Å². The van der Waals surface area contributed by atoms with Gasteiger partial charge < -0.3 is 25.6 Å². The molecule has 0 aliphatic carbocycles. The fraction of sp³-hybridized carbons (Fsp3) is 0.435. The lowest BCUT2D eigenvalue weighted by Gasteiger charge is -2.32. The number of rotatable bonds is 5. The zero-order chi connectivity index (χ0) is 26.4. The van der Waals surface area contributed by atoms with Crippen LogP contribution >= 0.6 is 0 Å². The first-order valence-corrected chi connectivity index (χ1v) is 10.5. The van der Waals surface area contributed by atoms with E-state index < -0.39 is 52.8 Å². The predicted octanol–water partition coefficient (Wildman–Crippen LogP) is 3.30. The highest BCUT2D eigenvalue weighted by molar-refractivity contribution is 5.90. The SMILES string of the molecule is CC(C)(C)OC(=O)NCC(O)(c1cc2c(c(-c3ccc(F)cc3)n1)OC[C@]2(C)C(N)=O)C(F)(F)F. The highest BCUT2D eigenvalue weighted by atomic mass is 19.4.